The van der Waals surface area contributed by atoms with Gasteiger partial charge in [-0.25, -0.2) is 9.78 Å². The molecule has 0 aliphatic carbocycles. The summed E-state index contributed by atoms with van der Waals surface area (Å²) in [7, 11) is 3.15. The second-order valence-corrected chi connectivity index (χ2v) is 4.12. The molecule has 0 spiro atoms. The summed E-state index contributed by atoms with van der Waals surface area (Å²) in [6, 6.07) is 0. The van der Waals surface area contributed by atoms with Gasteiger partial charge in [0.1, 0.15) is 0 Å². The Morgan fingerprint density at radius 1 is 1.39 bits per heavy atom. The molecule has 2 aromatic rings. The van der Waals surface area contributed by atoms with E-state index < -0.39 is 24.0 Å². The Morgan fingerprint density at radius 3 is 2.67 bits per heavy atom. The number of fused-ring (bicyclic) bond motifs is 1. The van der Waals surface area contributed by atoms with Crippen molar-refractivity contribution in [1.29, 1.82) is 0 Å². The summed E-state index contributed by atoms with van der Waals surface area (Å²) in [5.74, 6) is 0. The van der Waals surface area contributed by atoms with E-state index in [0.29, 0.717) is 5.65 Å². The van der Waals surface area contributed by atoms with Crippen molar-refractivity contribution in [3.63, 3.8) is 0 Å². The van der Waals surface area contributed by atoms with Gasteiger partial charge in [-0.05, 0) is 0 Å². The minimum absolute atomic E-state index is 0.247. The van der Waals surface area contributed by atoms with E-state index in [2.05, 4.69) is 4.98 Å². The maximum absolute atomic E-state index is 12.1. The molecule has 1 atom stereocenters. The molecule has 98 valence electrons. The third-order valence-corrected chi connectivity index (χ3v) is 2.81. The number of aliphatic hydroxyl groups excluding tert-OH is 2. The lowest BCUT2D eigenvalue weighted by Crippen LogP contribution is -2.42. The number of aliphatic hydroxyl groups is 2. The van der Waals surface area contributed by atoms with Crippen molar-refractivity contribution in [2.24, 2.45) is 14.1 Å². The van der Waals surface area contributed by atoms with Crippen molar-refractivity contribution in [2.75, 3.05) is 6.61 Å². The largest absolute Gasteiger partial charge is 0.394 e. The monoisotopic (exact) mass is 254 g/mol. The quantitative estimate of drug-likeness (QED) is 0.646. The SMILES string of the molecule is Cn1cnc2c1c(=O)n(C[C@@H](O)CO)c(=O)n2C. The normalized spacial score (nSPS) is 13.1. The van der Waals surface area contributed by atoms with Crippen LogP contribution in [0.15, 0.2) is 15.9 Å². The minimum Gasteiger partial charge on any atom is -0.394 e. The zero-order chi connectivity index (χ0) is 13.4. The Balaban J connectivity index is 2.78. The molecule has 8 heteroatoms. The van der Waals surface area contributed by atoms with Gasteiger partial charge in [0.15, 0.2) is 11.2 Å². The van der Waals surface area contributed by atoms with Crippen molar-refractivity contribution in [3.8, 4) is 0 Å². The molecule has 2 rings (SSSR count). The summed E-state index contributed by atoms with van der Waals surface area (Å²) in [6.07, 6.45) is 0.291. The lowest BCUT2D eigenvalue weighted by molar-refractivity contribution is 0.0791. The van der Waals surface area contributed by atoms with E-state index in [1.807, 2.05) is 0 Å². The number of aromatic nitrogens is 4. The maximum Gasteiger partial charge on any atom is 0.332 e. The fraction of sp³-hybridized carbons (Fsp3) is 0.500. The topological polar surface area (TPSA) is 102 Å². The summed E-state index contributed by atoms with van der Waals surface area (Å²) in [5.41, 5.74) is -0.524. The van der Waals surface area contributed by atoms with Crippen LogP contribution in [0.2, 0.25) is 0 Å². The molecule has 0 amide bonds. The highest BCUT2D eigenvalue weighted by atomic mass is 16.3. The molecule has 0 bridgehead atoms. The van der Waals surface area contributed by atoms with Crippen LogP contribution in [0.4, 0.5) is 0 Å². The number of rotatable bonds is 3. The first kappa shape index (κ1) is 12.5. The van der Waals surface area contributed by atoms with Gasteiger partial charge in [0.25, 0.3) is 5.56 Å². The van der Waals surface area contributed by atoms with Gasteiger partial charge in [-0.3, -0.25) is 13.9 Å². The Labute approximate surface area is 101 Å². The molecule has 0 aliphatic rings. The Kier molecular flexibility index (Phi) is 3.05. The van der Waals surface area contributed by atoms with Gasteiger partial charge in [0.05, 0.1) is 25.6 Å². The summed E-state index contributed by atoms with van der Waals surface area (Å²) >= 11 is 0. The van der Waals surface area contributed by atoms with Crippen molar-refractivity contribution in [3.05, 3.63) is 27.2 Å². The van der Waals surface area contributed by atoms with Gasteiger partial charge in [-0.2, -0.15) is 0 Å². The summed E-state index contributed by atoms with van der Waals surface area (Å²) < 4.78 is 3.64. The molecule has 8 nitrogen and oxygen atoms in total. The molecule has 0 fully saturated rings. The van der Waals surface area contributed by atoms with E-state index >= 15 is 0 Å². The molecule has 0 unspecified atom stereocenters. The first-order valence-electron chi connectivity index (χ1n) is 5.37. The van der Waals surface area contributed by atoms with E-state index in [1.54, 1.807) is 7.05 Å². The highest BCUT2D eigenvalue weighted by Crippen LogP contribution is 2.02. The predicted octanol–water partition coefficient (Wildman–Crippen LogP) is -2.21. The zero-order valence-corrected chi connectivity index (χ0v) is 10.1. The van der Waals surface area contributed by atoms with Crippen LogP contribution < -0.4 is 11.2 Å². The Bertz CT molecular complexity index is 696. The molecule has 18 heavy (non-hydrogen) atoms. The van der Waals surface area contributed by atoms with Gasteiger partial charge >= 0.3 is 5.69 Å². The molecule has 0 saturated heterocycles. The average Bonchev–Trinajstić information content (AvgIpc) is 2.74. The highest BCUT2D eigenvalue weighted by Gasteiger charge is 2.16. The van der Waals surface area contributed by atoms with Crippen molar-refractivity contribution in [1.82, 2.24) is 18.7 Å². The van der Waals surface area contributed by atoms with E-state index in [1.165, 1.54) is 22.5 Å². The van der Waals surface area contributed by atoms with E-state index in [9.17, 15) is 14.7 Å². The second-order valence-electron chi connectivity index (χ2n) is 4.12. The molecule has 2 N–H and O–H groups in total. The third kappa shape index (κ3) is 1.75. The summed E-state index contributed by atoms with van der Waals surface area (Å²) in [4.78, 5) is 28.1. The van der Waals surface area contributed by atoms with Crippen LogP contribution in [0, 0.1) is 0 Å². The number of imidazole rings is 1. The zero-order valence-electron chi connectivity index (χ0n) is 10.1. The first-order chi connectivity index (χ1) is 8.47. The molecular formula is C10H14N4O4. The lowest BCUT2D eigenvalue weighted by atomic mass is 10.3. The van der Waals surface area contributed by atoms with E-state index in [-0.39, 0.29) is 12.1 Å². The molecule has 0 aromatic carbocycles. The van der Waals surface area contributed by atoms with Gasteiger partial charge in [0, 0.05) is 14.1 Å². The number of hydrogen-bond acceptors (Lipinski definition) is 5. The number of nitrogens with zero attached hydrogens (tertiary/aromatic N) is 4. The van der Waals surface area contributed by atoms with Crippen LogP contribution in [0.3, 0.4) is 0 Å². The number of hydrogen-bond donors (Lipinski definition) is 2. The lowest BCUT2D eigenvalue weighted by Gasteiger charge is -2.11. The van der Waals surface area contributed by atoms with Gasteiger partial charge in [0.2, 0.25) is 0 Å². The second kappa shape index (κ2) is 4.39. The summed E-state index contributed by atoms with van der Waals surface area (Å²) in [6.45, 7) is -0.762. The smallest absolute Gasteiger partial charge is 0.332 e. The third-order valence-electron chi connectivity index (χ3n) is 2.81. The highest BCUT2D eigenvalue weighted by molar-refractivity contribution is 5.69. The molecule has 2 aromatic heterocycles. The van der Waals surface area contributed by atoms with E-state index in [4.69, 9.17) is 5.11 Å². The van der Waals surface area contributed by atoms with E-state index in [0.717, 1.165) is 4.57 Å². The van der Waals surface area contributed by atoms with Crippen molar-refractivity contribution in [2.45, 2.75) is 12.6 Å². The Hall–Kier alpha value is -1.93. The molecular weight excluding hydrogens is 240 g/mol. The number of aryl methyl sites for hydroxylation is 2. The van der Waals surface area contributed by atoms with Crippen LogP contribution in [0.25, 0.3) is 11.2 Å². The van der Waals surface area contributed by atoms with Crippen LogP contribution in [-0.4, -0.2) is 41.6 Å². The fourth-order valence-corrected chi connectivity index (χ4v) is 1.83. The van der Waals surface area contributed by atoms with Crippen LogP contribution in [0.5, 0.6) is 0 Å². The first-order valence-corrected chi connectivity index (χ1v) is 5.37. The average molecular weight is 254 g/mol. The minimum atomic E-state index is -1.15. The summed E-state index contributed by atoms with van der Waals surface area (Å²) in [5, 5.41) is 18.1. The van der Waals surface area contributed by atoms with Crippen LogP contribution in [0.1, 0.15) is 0 Å². The molecule has 0 radical (unpaired) electrons. The molecule has 0 saturated carbocycles. The van der Waals surface area contributed by atoms with Crippen LogP contribution >= 0.6 is 0 Å². The molecule has 2 heterocycles. The predicted molar refractivity (Wildman–Crippen MR) is 63.3 cm³/mol. The Morgan fingerprint density at radius 2 is 2.06 bits per heavy atom. The maximum atomic E-state index is 12.1. The molecule has 0 aliphatic heterocycles. The fourth-order valence-electron chi connectivity index (χ4n) is 1.83. The van der Waals surface area contributed by atoms with Gasteiger partial charge in [-0.1, -0.05) is 0 Å². The standard InChI is InChI=1S/C10H14N4O4/c1-12-5-11-8-7(12)9(17)14(3-6(16)4-15)10(18)13(8)2/h5-6,15-16H,3-4H2,1-2H3/t6-/m1/s1. The van der Waals surface area contributed by atoms with Gasteiger partial charge in [-0.15, -0.1) is 0 Å². The van der Waals surface area contributed by atoms with Gasteiger partial charge < -0.3 is 14.8 Å². The van der Waals surface area contributed by atoms with Crippen LogP contribution in [-0.2, 0) is 20.6 Å². The van der Waals surface area contributed by atoms with Crippen molar-refractivity contribution >= 4 is 11.2 Å². The van der Waals surface area contributed by atoms with Crippen molar-refractivity contribution < 1.29 is 10.2 Å².